The van der Waals surface area contributed by atoms with Crippen LogP contribution in [0.4, 0.5) is 0 Å². The van der Waals surface area contributed by atoms with Gasteiger partial charge in [-0.2, -0.15) is 0 Å². The summed E-state index contributed by atoms with van der Waals surface area (Å²) in [7, 11) is 0. The first-order valence-corrected chi connectivity index (χ1v) is 10.5. The number of ether oxygens (including phenoxy) is 1. The predicted octanol–water partition coefficient (Wildman–Crippen LogP) is 3.87. The summed E-state index contributed by atoms with van der Waals surface area (Å²) in [6, 6.07) is 15.3. The highest BCUT2D eigenvalue weighted by molar-refractivity contribution is 9.10. The summed E-state index contributed by atoms with van der Waals surface area (Å²) in [5.74, 6) is 0.649. The number of hydrogen-bond donors (Lipinski definition) is 1. The zero-order valence-electron chi connectivity index (χ0n) is 15.0. The van der Waals surface area contributed by atoms with Gasteiger partial charge in [-0.3, -0.25) is 9.36 Å². The molecule has 1 N–H and O–H groups in total. The lowest BCUT2D eigenvalue weighted by Gasteiger charge is -2.20. The van der Waals surface area contributed by atoms with Crippen molar-refractivity contribution in [1.82, 2.24) is 9.55 Å². The molecule has 27 heavy (non-hydrogen) atoms. The molecular weight excluding hydrogens is 428 g/mol. The van der Waals surface area contributed by atoms with Gasteiger partial charge in [0.05, 0.1) is 36.8 Å². The maximum absolute atomic E-state index is 13.3. The van der Waals surface area contributed by atoms with E-state index in [1.807, 2.05) is 55.5 Å². The van der Waals surface area contributed by atoms with E-state index in [1.165, 1.54) is 11.8 Å². The van der Waals surface area contributed by atoms with Crippen LogP contribution in [0.2, 0.25) is 0 Å². The van der Waals surface area contributed by atoms with Crippen molar-refractivity contribution in [3.05, 3.63) is 68.9 Å². The highest BCUT2D eigenvalue weighted by Crippen LogP contribution is 2.25. The minimum Gasteiger partial charge on any atom is -0.394 e. The van der Waals surface area contributed by atoms with Crippen molar-refractivity contribution in [2.45, 2.75) is 18.1 Å². The van der Waals surface area contributed by atoms with E-state index >= 15 is 0 Å². The number of thioether (sulfide) groups is 1. The van der Waals surface area contributed by atoms with Crippen molar-refractivity contribution < 1.29 is 9.84 Å². The van der Waals surface area contributed by atoms with Crippen LogP contribution in [-0.4, -0.2) is 40.2 Å². The molecule has 1 unspecified atom stereocenters. The van der Waals surface area contributed by atoms with E-state index in [4.69, 9.17) is 14.8 Å². The molecule has 0 saturated carbocycles. The summed E-state index contributed by atoms with van der Waals surface area (Å²) >= 11 is 4.93. The Morgan fingerprint density at radius 1 is 1.22 bits per heavy atom. The van der Waals surface area contributed by atoms with Gasteiger partial charge in [0.15, 0.2) is 5.16 Å². The second-order valence-corrected chi connectivity index (χ2v) is 7.98. The van der Waals surface area contributed by atoms with Crippen LogP contribution in [0.5, 0.6) is 0 Å². The van der Waals surface area contributed by atoms with Crippen LogP contribution in [0.3, 0.4) is 0 Å². The number of rotatable bonds is 8. The molecule has 0 spiro atoms. The third-order valence-corrected chi connectivity index (χ3v) is 5.60. The molecule has 0 aliphatic heterocycles. The van der Waals surface area contributed by atoms with Crippen molar-refractivity contribution >= 4 is 38.6 Å². The quantitative estimate of drug-likeness (QED) is 0.321. The van der Waals surface area contributed by atoms with Gasteiger partial charge in [-0.25, -0.2) is 4.98 Å². The highest BCUT2D eigenvalue weighted by atomic mass is 79.9. The van der Waals surface area contributed by atoms with Gasteiger partial charge in [0, 0.05) is 10.2 Å². The SMILES string of the molecule is CC(c1ccccc1)n1c(SCCOCCO)nc2ccc(Br)cc2c1=O. The van der Waals surface area contributed by atoms with Gasteiger partial charge < -0.3 is 9.84 Å². The lowest BCUT2D eigenvalue weighted by Crippen LogP contribution is -2.27. The Morgan fingerprint density at radius 3 is 2.74 bits per heavy atom. The van der Waals surface area contributed by atoms with Gasteiger partial charge in [-0.05, 0) is 30.7 Å². The van der Waals surface area contributed by atoms with E-state index in [9.17, 15) is 4.79 Å². The summed E-state index contributed by atoms with van der Waals surface area (Å²) in [5.41, 5.74) is 1.67. The van der Waals surface area contributed by atoms with Gasteiger partial charge in [-0.15, -0.1) is 0 Å². The fourth-order valence-corrected chi connectivity index (χ4v) is 4.12. The molecule has 0 fully saturated rings. The largest absolute Gasteiger partial charge is 0.394 e. The second kappa shape index (κ2) is 9.50. The molecule has 1 aromatic heterocycles. The second-order valence-electron chi connectivity index (χ2n) is 6.00. The minimum atomic E-state index is -0.143. The summed E-state index contributed by atoms with van der Waals surface area (Å²) in [6.45, 7) is 2.81. The van der Waals surface area contributed by atoms with Crippen molar-refractivity contribution in [2.24, 2.45) is 0 Å². The molecule has 0 saturated heterocycles. The van der Waals surface area contributed by atoms with E-state index in [1.54, 1.807) is 4.57 Å². The van der Waals surface area contributed by atoms with Crippen molar-refractivity contribution in [1.29, 1.82) is 0 Å². The molecular formula is C20H21BrN2O3S. The van der Waals surface area contributed by atoms with Crippen LogP contribution in [-0.2, 0) is 4.74 Å². The van der Waals surface area contributed by atoms with E-state index in [0.29, 0.717) is 35.0 Å². The molecule has 0 amide bonds. The molecule has 2 aromatic carbocycles. The minimum absolute atomic E-state index is 0.00349. The Kier molecular flexibility index (Phi) is 7.07. The lowest BCUT2D eigenvalue weighted by molar-refractivity contribution is 0.103. The van der Waals surface area contributed by atoms with Gasteiger partial charge >= 0.3 is 0 Å². The summed E-state index contributed by atoms with van der Waals surface area (Å²) in [5, 5.41) is 10.1. The van der Waals surface area contributed by atoms with E-state index in [0.717, 1.165) is 10.0 Å². The average molecular weight is 449 g/mol. The fourth-order valence-electron chi connectivity index (χ4n) is 2.83. The monoisotopic (exact) mass is 448 g/mol. The standard InChI is InChI=1S/C20H21BrN2O3S/c1-14(15-5-3-2-4-6-15)23-19(25)17-13-16(21)7-8-18(17)22-20(23)27-12-11-26-10-9-24/h2-8,13-14,24H,9-12H2,1H3. The Morgan fingerprint density at radius 2 is 2.00 bits per heavy atom. The average Bonchev–Trinajstić information content (AvgIpc) is 2.69. The Balaban J connectivity index is 2.03. The van der Waals surface area contributed by atoms with Gasteiger partial charge in [-0.1, -0.05) is 58.0 Å². The van der Waals surface area contributed by atoms with E-state index in [-0.39, 0.29) is 18.2 Å². The molecule has 142 valence electrons. The molecule has 3 rings (SSSR count). The maximum Gasteiger partial charge on any atom is 0.262 e. The van der Waals surface area contributed by atoms with E-state index < -0.39 is 0 Å². The maximum atomic E-state index is 13.3. The topological polar surface area (TPSA) is 64.3 Å². The molecule has 1 atom stereocenters. The van der Waals surface area contributed by atoms with Gasteiger partial charge in [0.2, 0.25) is 0 Å². The first-order chi connectivity index (χ1) is 13.1. The predicted molar refractivity (Wildman–Crippen MR) is 113 cm³/mol. The van der Waals surface area contributed by atoms with Crippen LogP contribution < -0.4 is 5.56 Å². The van der Waals surface area contributed by atoms with E-state index in [2.05, 4.69) is 15.9 Å². The number of benzene rings is 2. The fraction of sp³-hybridized carbons (Fsp3) is 0.300. The molecule has 1 heterocycles. The lowest BCUT2D eigenvalue weighted by atomic mass is 10.1. The van der Waals surface area contributed by atoms with Crippen LogP contribution in [0, 0.1) is 0 Å². The number of hydrogen-bond acceptors (Lipinski definition) is 5. The third-order valence-electron chi connectivity index (χ3n) is 4.19. The zero-order chi connectivity index (χ0) is 19.2. The van der Waals surface area contributed by atoms with Crippen molar-refractivity contribution in [3.8, 4) is 0 Å². The molecule has 3 aromatic rings. The summed E-state index contributed by atoms with van der Waals surface area (Å²) in [6.07, 6.45) is 0. The number of fused-ring (bicyclic) bond motifs is 1. The van der Waals surface area contributed by atoms with Crippen LogP contribution in [0.1, 0.15) is 18.5 Å². The Labute approximate surface area is 170 Å². The summed E-state index contributed by atoms with van der Waals surface area (Å²) < 4.78 is 7.93. The normalized spacial score (nSPS) is 12.4. The first kappa shape index (κ1) is 20.1. The van der Waals surface area contributed by atoms with Gasteiger partial charge in [0.1, 0.15) is 0 Å². The molecule has 0 aliphatic carbocycles. The first-order valence-electron chi connectivity index (χ1n) is 8.70. The Hall–Kier alpha value is -1.67. The Bertz CT molecular complexity index is 963. The van der Waals surface area contributed by atoms with Crippen molar-refractivity contribution in [2.75, 3.05) is 25.6 Å². The number of aliphatic hydroxyl groups is 1. The van der Waals surface area contributed by atoms with Crippen LogP contribution in [0.15, 0.2) is 63.0 Å². The summed E-state index contributed by atoms with van der Waals surface area (Å²) in [4.78, 5) is 18.0. The molecule has 0 radical (unpaired) electrons. The van der Waals surface area contributed by atoms with Crippen LogP contribution in [0.25, 0.3) is 10.9 Å². The van der Waals surface area contributed by atoms with Gasteiger partial charge in [0.25, 0.3) is 5.56 Å². The molecule has 0 bridgehead atoms. The molecule has 0 aliphatic rings. The zero-order valence-corrected chi connectivity index (χ0v) is 17.4. The number of aromatic nitrogens is 2. The number of nitrogens with zero attached hydrogens (tertiary/aromatic N) is 2. The molecule has 7 heteroatoms. The smallest absolute Gasteiger partial charge is 0.262 e. The number of halogens is 1. The highest BCUT2D eigenvalue weighted by Gasteiger charge is 2.18. The van der Waals surface area contributed by atoms with Crippen molar-refractivity contribution in [3.63, 3.8) is 0 Å². The van der Waals surface area contributed by atoms with Crippen LogP contribution >= 0.6 is 27.7 Å². The molecule has 5 nitrogen and oxygen atoms in total. The third kappa shape index (κ3) is 4.79. The number of aliphatic hydroxyl groups excluding tert-OH is 1.